The molecule has 0 aliphatic carbocycles. The summed E-state index contributed by atoms with van der Waals surface area (Å²) in [4.78, 5) is 0. The van der Waals surface area contributed by atoms with Crippen LogP contribution in [0.3, 0.4) is 0 Å². The van der Waals surface area contributed by atoms with E-state index in [2.05, 4.69) is 16.3 Å². The van der Waals surface area contributed by atoms with Gasteiger partial charge < -0.3 is 19.9 Å². The number of hydrogen-bond donors (Lipinski definition) is 2. The number of rotatable bonds is 6. The van der Waals surface area contributed by atoms with Crippen LogP contribution < -0.4 is 19.9 Å². The Morgan fingerprint density at radius 1 is 1.03 bits per heavy atom. The molecule has 1 aliphatic heterocycles. The standard InChI is InChI=1S/C27H22N4O3/c1-32-21-9-5-8-19(14-21)25-24-23(22(15-28)26(29)34-27(24)31-30-25)18-10-12-20(13-11-18)33-16-17-6-3-2-4-7-17/h2-14,23H,16,29H2,1H3,(H,30,31). The van der Waals surface area contributed by atoms with Crippen molar-refractivity contribution in [3.05, 3.63) is 107 Å². The highest BCUT2D eigenvalue weighted by Gasteiger charge is 2.35. The van der Waals surface area contributed by atoms with Gasteiger partial charge in [0.15, 0.2) is 0 Å². The summed E-state index contributed by atoms with van der Waals surface area (Å²) >= 11 is 0. The van der Waals surface area contributed by atoms with E-state index in [-0.39, 0.29) is 5.88 Å². The van der Waals surface area contributed by atoms with Gasteiger partial charge in [0.2, 0.25) is 11.8 Å². The number of hydrogen-bond acceptors (Lipinski definition) is 6. The summed E-state index contributed by atoms with van der Waals surface area (Å²) in [5.41, 5.74) is 10.7. The van der Waals surface area contributed by atoms with Crippen molar-refractivity contribution in [2.45, 2.75) is 12.5 Å². The quantitative estimate of drug-likeness (QED) is 0.434. The number of nitrogens with two attached hydrogens (primary N) is 1. The van der Waals surface area contributed by atoms with Crippen LogP contribution in [0.1, 0.15) is 22.6 Å². The minimum Gasteiger partial charge on any atom is -0.497 e. The topological polar surface area (TPSA) is 106 Å². The Morgan fingerprint density at radius 3 is 2.56 bits per heavy atom. The van der Waals surface area contributed by atoms with E-state index in [4.69, 9.17) is 19.9 Å². The summed E-state index contributed by atoms with van der Waals surface area (Å²) < 4.78 is 17.0. The number of benzene rings is 3. The second-order valence-corrected chi connectivity index (χ2v) is 7.82. The fourth-order valence-electron chi connectivity index (χ4n) is 4.07. The molecule has 0 saturated heterocycles. The molecule has 1 aliphatic rings. The molecule has 0 fully saturated rings. The minimum atomic E-state index is -0.447. The van der Waals surface area contributed by atoms with Gasteiger partial charge in [-0.25, -0.2) is 0 Å². The van der Waals surface area contributed by atoms with Gasteiger partial charge in [0, 0.05) is 5.56 Å². The predicted molar refractivity (Wildman–Crippen MR) is 127 cm³/mol. The lowest BCUT2D eigenvalue weighted by atomic mass is 9.83. The Labute approximate surface area is 197 Å². The highest BCUT2D eigenvalue weighted by atomic mass is 16.5. The van der Waals surface area contributed by atoms with Crippen LogP contribution in [0, 0.1) is 11.3 Å². The molecule has 1 aromatic heterocycles. The van der Waals surface area contributed by atoms with Crippen molar-refractivity contribution in [2.24, 2.45) is 5.73 Å². The van der Waals surface area contributed by atoms with Gasteiger partial charge in [0.25, 0.3) is 0 Å². The molecular weight excluding hydrogens is 428 g/mol. The van der Waals surface area contributed by atoms with Crippen LogP contribution in [0.15, 0.2) is 90.3 Å². The maximum absolute atomic E-state index is 9.92. The zero-order valence-corrected chi connectivity index (χ0v) is 18.5. The normalized spacial score (nSPS) is 14.6. The number of nitriles is 1. The monoisotopic (exact) mass is 450 g/mol. The number of aromatic nitrogens is 2. The van der Waals surface area contributed by atoms with Crippen molar-refractivity contribution in [3.63, 3.8) is 0 Å². The lowest BCUT2D eigenvalue weighted by Crippen LogP contribution is -2.21. The molecule has 0 bridgehead atoms. The van der Waals surface area contributed by atoms with E-state index in [1.165, 1.54) is 0 Å². The van der Waals surface area contributed by atoms with E-state index in [1.54, 1.807) is 7.11 Å². The smallest absolute Gasteiger partial charge is 0.244 e. The fourth-order valence-corrected chi connectivity index (χ4v) is 4.07. The molecule has 1 unspecified atom stereocenters. The van der Waals surface area contributed by atoms with Crippen LogP contribution in [-0.4, -0.2) is 17.3 Å². The Kier molecular flexibility index (Phi) is 5.63. The van der Waals surface area contributed by atoms with Crippen molar-refractivity contribution in [2.75, 3.05) is 7.11 Å². The number of methoxy groups -OCH3 is 1. The molecular formula is C27H22N4O3. The first-order valence-corrected chi connectivity index (χ1v) is 10.7. The Balaban J connectivity index is 1.51. The first-order valence-electron chi connectivity index (χ1n) is 10.7. The number of fused-ring (bicyclic) bond motifs is 1. The summed E-state index contributed by atoms with van der Waals surface area (Å²) in [6.45, 7) is 0.472. The minimum absolute atomic E-state index is 0.0492. The molecule has 4 aromatic rings. The van der Waals surface area contributed by atoms with Crippen LogP contribution in [0.5, 0.6) is 17.4 Å². The second kappa shape index (κ2) is 9.04. The van der Waals surface area contributed by atoms with Gasteiger partial charge in [-0.3, -0.25) is 5.10 Å². The summed E-state index contributed by atoms with van der Waals surface area (Å²) in [6.07, 6.45) is 0. The molecule has 0 amide bonds. The first kappa shape index (κ1) is 21.2. The van der Waals surface area contributed by atoms with Crippen molar-refractivity contribution in [1.82, 2.24) is 10.2 Å². The average Bonchev–Trinajstić information content (AvgIpc) is 3.31. The van der Waals surface area contributed by atoms with Gasteiger partial charge >= 0.3 is 0 Å². The van der Waals surface area contributed by atoms with Gasteiger partial charge in [0.05, 0.1) is 24.3 Å². The van der Waals surface area contributed by atoms with Crippen molar-refractivity contribution >= 4 is 0 Å². The molecule has 34 heavy (non-hydrogen) atoms. The lowest BCUT2D eigenvalue weighted by Gasteiger charge is -2.24. The maximum atomic E-state index is 9.92. The fraction of sp³-hybridized carbons (Fsp3) is 0.111. The van der Waals surface area contributed by atoms with Crippen molar-refractivity contribution < 1.29 is 14.2 Å². The number of H-pyrrole nitrogens is 1. The third kappa shape index (κ3) is 3.93. The molecule has 0 spiro atoms. The highest BCUT2D eigenvalue weighted by molar-refractivity contribution is 5.71. The van der Waals surface area contributed by atoms with Crippen LogP contribution in [0.25, 0.3) is 11.3 Å². The molecule has 0 saturated carbocycles. The number of ether oxygens (including phenoxy) is 3. The maximum Gasteiger partial charge on any atom is 0.244 e. The molecule has 168 valence electrons. The van der Waals surface area contributed by atoms with Crippen LogP contribution in [-0.2, 0) is 6.61 Å². The third-order valence-electron chi connectivity index (χ3n) is 5.76. The van der Waals surface area contributed by atoms with E-state index in [1.807, 2.05) is 78.9 Å². The summed E-state index contributed by atoms with van der Waals surface area (Å²) in [5, 5.41) is 17.3. The molecule has 1 atom stereocenters. The summed E-state index contributed by atoms with van der Waals surface area (Å²) in [5.74, 6) is 1.40. The number of nitrogens with one attached hydrogen (secondary N) is 1. The number of nitrogens with zero attached hydrogens (tertiary/aromatic N) is 2. The van der Waals surface area contributed by atoms with E-state index < -0.39 is 5.92 Å². The SMILES string of the molecule is COc1cccc(-c2[nH]nc3c2C(c2ccc(OCc4ccccc4)cc2)C(C#N)=C(N)O3)c1. The molecule has 7 heteroatoms. The average molecular weight is 450 g/mol. The highest BCUT2D eigenvalue weighted by Crippen LogP contribution is 2.46. The van der Waals surface area contributed by atoms with E-state index >= 15 is 0 Å². The second-order valence-electron chi connectivity index (χ2n) is 7.82. The Hall–Kier alpha value is -4.70. The molecule has 7 nitrogen and oxygen atoms in total. The lowest BCUT2D eigenvalue weighted by molar-refractivity contribution is 0.306. The molecule has 5 rings (SSSR count). The molecule has 3 aromatic carbocycles. The van der Waals surface area contributed by atoms with Gasteiger partial charge in [0.1, 0.15) is 29.7 Å². The van der Waals surface area contributed by atoms with Crippen molar-refractivity contribution in [3.8, 4) is 34.7 Å². The van der Waals surface area contributed by atoms with Crippen LogP contribution in [0.2, 0.25) is 0 Å². The Bertz CT molecular complexity index is 1390. The zero-order chi connectivity index (χ0) is 23.5. The number of aromatic amines is 1. The molecule has 3 N–H and O–H groups in total. The Morgan fingerprint density at radius 2 is 1.82 bits per heavy atom. The zero-order valence-electron chi connectivity index (χ0n) is 18.5. The van der Waals surface area contributed by atoms with E-state index in [0.717, 1.165) is 33.7 Å². The van der Waals surface area contributed by atoms with Gasteiger partial charge in [-0.1, -0.05) is 54.6 Å². The predicted octanol–water partition coefficient (Wildman–Crippen LogP) is 4.88. The van der Waals surface area contributed by atoms with Crippen LogP contribution >= 0.6 is 0 Å². The third-order valence-corrected chi connectivity index (χ3v) is 5.76. The number of allylic oxidation sites excluding steroid dienone is 1. The van der Waals surface area contributed by atoms with Gasteiger partial charge in [-0.15, -0.1) is 5.10 Å². The largest absolute Gasteiger partial charge is 0.497 e. The van der Waals surface area contributed by atoms with Crippen LogP contribution in [0.4, 0.5) is 0 Å². The van der Waals surface area contributed by atoms with Crippen molar-refractivity contribution in [1.29, 1.82) is 5.26 Å². The van der Waals surface area contributed by atoms with Gasteiger partial charge in [-0.05, 0) is 35.4 Å². The van der Waals surface area contributed by atoms with E-state index in [0.29, 0.717) is 23.8 Å². The van der Waals surface area contributed by atoms with E-state index in [9.17, 15) is 5.26 Å². The first-order chi connectivity index (χ1) is 16.7. The summed E-state index contributed by atoms with van der Waals surface area (Å²) in [7, 11) is 1.62. The summed E-state index contributed by atoms with van der Waals surface area (Å²) in [6, 6.07) is 27.5. The molecule has 0 radical (unpaired) electrons. The van der Waals surface area contributed by atoms with Gasteiger partial charge in [-0.2, -0.15) is 5.26 Å². The molecule has 2 heterocycles.